The van der Waals surface area contributed by atoms with E-state index in [1.807, 2.05) is 24.3 Å². The molecule has 0 saturated carbocycles. The van der Waals surface area contributed by atoms with E-state index in [1.54, 1.807) is 25.5 Å². The third-order valence-corrected chi connectivity index (χ3v) is 4.64. The van der Waals surface area contributed by atoms with Gasteiger partial charge in [0.05, 0.1) is 6.04 Å². The molecule has 1 atom stereocenters. The van der Waals surface area contributed by atoms with E-state index in [0.717, 1.165) is 16.4 Å². The highest BCUT2D eigenvalue weighted by molar-refractivity contribution is 7.70. The van der Waals surface area contributed by atoms with Gasteiger partial charge in [-0.25, -0.2) is 4.39 Å². The average molecular weight is 277 g/mol. The Bertz CT molecular complexity index is 601. The lowest BCUT2D eigenvalue weighted by Gasteiger charge is -2.14. The van der Waals surface area contributed by atoms with Crippen LogP contribution in [0.1, 0.15) is 17.2 Å². The monoisotopic (exact) mass is 277 g/mol. The molecule has 2 aromatic rings. The zero-order valence-electron chi connectivity index (χ0n) is 11.0. The molecule has 0 unspecified atom stereocenters. The summed E-state index contributed by atoms with van der Waals surface area (Å²) in [6.07, 6.45) is 0. The Hall–Kier alpha value is -1.44. The third-order valence-electron chi connectivity index (χ3n) is 3.10. The number of halogens is 1. The Balaban J connectivity index is 2.27. The van der Waals surface area contributed by atoms with Gasteiger partial charge < -0.3 is 10.3 Å². The molecule has 0 fully saturated rings. The highest BCUT2D eigenvalue weighted by Gasteiger charge is 2.13. The van der Waals surface area contributed by atoms with E-state index in [9.17, 15) is 8.96 Å². The highest BCUT2D eigenvalue weighted by Crippen LogP contribution is 2.34. The maximum Gasteiger partial charge on any atom is 0.123 e. The van der Waals surface area contributed by atoms with Crippen LogP contribution in [-0.4, -0.2) is 13.3 Å². The summed E-state index contributed by atoms with van der Waals surface area (Å²) in [6, 6.07) is 13.3. The van der Waals surface area contributed by atoms with E-state index in [2.05, 4.69) is 0 Å². The third kappa shape index (κ3) is 3.31. The number of rotatable bonds is 3. The molecule has 0 bridgehead atoms. The first kappa shape index (κ1) is 14.0. The predicted octanol–water partition coefficient (Wildman–Crippen LogP) is 3.12. The van der Waals surface area contributed by atoms with Crippen LogP contribution in [0.25, 0.3) is 0 Å². The summed E-state index contributed by atoms with van der Waals surface area (Å²) in [4.78, 5) is 0. The van der Waals surface area contributed by atoms with Crippen molar-refractivity contribution >= 4 is 12.4 Å². The molecule has 19 heavy (non-hydrogen) atoms. The Morgan fingerprint density at radius 3 is 1.79 bits per heavy atom. The van der Waals surface area contributed by atoms with Crippen molar-refractivity contribution in [3.63, 3.8) is 0 Å². The topological polar surface area (TPSA) is 43.1 Å². The standard InChI is InChI=1S/C15H17FNOP/c1-19(2,18)14-9-5-12(6-10-14)15(17)11-3-7-13(16)8-4-11/h3-10,15H,17H2,1-2H3/t15-/m1/s1. The molecule has 0 heterocycles. The van der Waals surface area contributed by atoms with Gasteiger partial charge in [0.25, 0.3) is 0 Å². The molecule has 0 aliphatic rings. The fourth-order valence-corrected chi connectivity index (χ4v) is 2.77. The van der Waals surface area contributed by atoms with Gasteiger partial charge in [-0.05, 0) is 36.6 Å². The van der Waals surface area contributed by atoms with Gasteiger partial charge in [0.1, 0.15) is 13.0 Å². The zero-order valence-corrected chi connectivity index (χ0v) is 11.9. The van der Waals surface area contributed by atoms with Crippen LogP contribution in [0.3, 0.4) is 0 Å². The minimum atomic E-state index is -2.24. The van der Waals surface area contributed by atoms with Crippen LogP contribution >= 0.6 is 7.14 Å². The summed E-state index contributed by atoms with van der Waals surface area (Å²) in [5, 5.41) is 0.836. The maximum atomic E-state index is 12.9. The fourth-order valence-electron chi connectivity index (χ4n) is 1.90. The quantitative estimate of drug-likeness (QED) is 0.876. The van der Waals surface area contributed by atoms with Crippen LogP contribution in [-0.2, 0) is 4.57 Å². The molecular formula is C15H17FNOP. The summed E-state index contributed by atoms with van der Waals surface area (Å²) in [6.45, 7) is 3.48. The van der Waals surface area contributed by atoms with Crippen LogP contribution < -0.4 is 11.0 Å². The minimum absolute atomic E-state index is 0.274. The Morgan fingerprint density at radius 1 is 0.947 bits per heavy atom. The van der Waals surface area contributed by atoms with Crippen molar-refractivity contribution in [1.29, 1.82) is 0 Å². The van der Waals surface area contributed by atoms with Gasteiger partial charge in [-0.15, -0.1) is 0 Å². The van der Waals surface area contributed by atoms with Crippen LogP contribution in [0.4, 0.5) is 4.39 Å². The molecule has 0 aliphatic carbocycles. The Morgan fingerprint density at radius 2 is 1.37 bits per heavy atom. The Labute approximate surface area is 112 Å². The molecule has 2 N–H and O–H groups in total. The molecule has 0 spiro atoms. The van der Waals surface area contributed by atoms with E-state index in [4.69, 9.17) is 5.73 Å². The molecule has 100 valence electrons. The molecule has 0 aliphatic heterocycles. The second-order valence-electron chi connectivity index (χ2n) is 4.97. The highest BCUT2D eigenvalue weighted by atomic mass is 31.2. The number of hydrogen-bond donors (Lipinski definition) is 1. The van der Waals surface area contributed by atoms with Crippen LogP contribution in [0.5, 0.6) is 0 Å². The first-order chi connectivity index (χ1) is 8.88. The smallest absolute Gasteiger partial charge is 0.123 e. The zero-order chi connectivity index (χ0) is 14.0. The van der Waals surface area contributed by atoms with E-state index in [-0.39, 0.29) is 11.9 Å². The molecule has 2 rings (SSSR count). The number of hydrogen-bond acceptors (Lipinski definition) is 2. The van der Waals surface area contributed by atoms with Gasteiger partial charge >= 0.3 is 0 Å². The van der Waals surface area contributed by atoms with Crippen molar-refractivity contribution in [3.05, 3.63) is 65.5 Å². The lowest BCUT2D eigenvalue weighted by atomic mass is 10.00. The minimum Gasteiger partial charge on any atom is -0.320 e. The fraction of sp³-hybridized carbons (Fsp3) is 0.200. The maximum absolute atomic E-state index is 12.9. The van der Waals surface area contributed by atoms with Crippen LogP contribution in [0.2, 0.25) is 0 Å². The Kier molecular flexibility index (Phi) is 3.88. The summed E-state index contributed by atoms with van der Waals surface area (Å²) in [5.41, 5.74) is 7.91. The lowest BCUT2D eigenvalue weighted by Crippen LogP contribution is -2.13. The van der Waals surface area contributed by atoms with Crippen LogP contribution in [0, 0.1) is 5.82 Å². The van der Waals surface area contributed by atoms with Gasteiger partial charge in [-0.1, -0.05) is 36.4 Å². The average Bonchev–Trinajstić information content (AvgIpc) is 2.38. The van der Waals surface area contributed by atoms with Gasteiger partial charge in [-0.3, -0.25) is 0 Å². The summed E-state index contributed by atoms with van der Waals surface area (Å²) >= 11 is 0. The van der Waals surface area contributed by atoms with E-state index in [0.29, 0.717) is 0 Å². The summed E-state index contributed by atoms with van der Waals surface area (Å²) in [7, 11) is -2.24. The van der Waals surface area contributed by atoms with E-state index < -0.39 is 7.14 Å². The largest absolute Gasteiger partial charge is 0.320 e. The van der Waals surface area contributed by atoms with Crippen molar-refractivity contribution in [2.24, 2.45) is 5.73 Å². The number of benzene rings is 2. The molecule has 0 saturated heterocycles. The first-order valence-corrected chi connectivity index (χ1v) is 8.64. The van der Waals surface area contributed by atoms with Crippen molar-refractivity contribution in [3.8, 4) is 0 Å². The molecule has 2 nitrogen and oxygen atoms in total. The molecule has 0 amide bonds. The molecule has 0 aromatic heterocycles. The van der Waals surface area contributed by atoms with E-state index >= 15 is 0 Å². The van der Waals surface area contributed by atoms with Gasteiger partial charge in [0.2, 0.25) is 0 Å². The molecule has 0 radical (unpaired) electrons. The van der Waals surface area contributed by atoms with Crippen molar-refractivity contribution in [1.82, 2.24) is 0 Å². The lowest BCUT2D eigenvalue weighted by molar-refractivity contribution is 0.588. The van der Waals surface area contributed by atoms with Gasteiger partial charge in [0.15, 0.2) is 0 Å². The van der Waals surface area contributed by atoms with Crippen molar-refractivity contribution in [2.45, 2.75) is 6.04 Å². The second kappa shape index (κ2) is 5.28. The molecule has 2 aromatic carbocycles. The normalized spacial score (nSPS) is 13.3. The molecule has 4 heteroatoms. The van der Waals surface area contributed by atoms with Crippen molar-refractivity contribution in [2.75, 3.05) is 13.3 Å². The summed E-state index contributed by atoms with van der Waals surface area (Å²) in [5.74, 6) is -0.274. The van der Waals surface area contributed by atoms with Gasteiger partial charge in [-0.2, -0.15) is 0 Å². The predicted molar refractivity (Wildman–Crippen MR) is 78.0 cm³/mol. The van der Waals surface area contributed by atoms with Gasteiger partial charge in [0, 0.05) is 5.30 Å². The van der Waals surface area contributed by atoms with Crippen molar-refractivity contribution < 1.29 is 8.96 Å². The van der Waals surface area contributed by atoms with E-state index in [1.165, 1.54) is 12.1 Å². The second-order valence-corrected chi connectivity index (χ2v) is 8.19. The number of nitrogens with two attached hydrogens (primary N) is 1. The van der Waals surface area contributed by atoms with Crippen LogP contribution in [0.15, 0.2) is 48.5 Å². The first-order valence-electron chi connectivity index (χ1n) is 6.04. The summed E-state index contributed by atoms with van der Waals surface area (Å²) < 4.78 is 24.8. The molecular weight excluding hydrogens is 260 g/mol. The SMILES string of the molecule is CP(C)(=O)c1ccc([C@H](N)c2ccc(F)cc2)cc1.